The molecule has 0 bridgehead atoms. The van der Waals surface area contributed by atoms with Gasteiger partial charge < -0.3 is 10.0 Å². The van der Waals surface area contributed by atoms with Crippen molar-refractivity contribution in [3.63, 3.8) is 0 Å². The molecule has 0 aromatic heterocycles. The van der Waals surface area contributed by atoms with Crippen LogP contribution in [-0.4, -0.2) is 28.5 Å². The lowest BCUT2D eigenvalue weighted by Gasteiger charge is -2.26. The van der Waals surface area contributed by atoms with Crippen LogP contribution in [0.1, 0.15) is 18.5 Å². The van der Waals surface area contributed by atoms with Crippen LogP contribution in [0.2, 0.25) is 0 Å². The molecule has 0 aliphatic heterocycles. The molecule has 1 unspecified atom stereocenters. The number of nitrogens with zero attached hydrogens (tertiary/aromatic N) is 1. The Balaban J connectivity index is 2.82. The second-order valence-electron chi connectivity index (χ2n) is 3.23. The molecule has 1 atom stereocenters. The summed E-state index contributed by atoms with van der Waals surface area (Å²) in [6.07, 6.45) is 0. The van der Waals surface area contributed by atoms with Crippen molar-refractivity contribution in [1.29, 1.82) is 0 Å². The van der Waals surface area contributed by atoms with Gasteiger partial charge in [-0.2, -0.15) is 0 Å². The van der Waals surface area contributed by atoms with Crippen LogP contribution in [0.25, 0.3) is 0 Å². The number of hydrogen-bond donors (Lipinski definition) is 1. The summed E-state index contributed by atoms with van der Waals surface area (Å²) in [5, 5.41) is 9.11. The van der Waals surface area contributed by atoms with Gasteiger partial charge in [0.15, 0.2) is 0 Å². The zero-order chi connectivity index (χ0) is 11.3. The molecule has 0 radical (unpaired) electrons. The van der Waals surface area contributed by atoms with Gasteiger partial charge in [-0.15, -0.1) is 11.6 Å². The Morgan fingerprint density at radius 3 is 2.53 bits per heavy atom. The Bertz CT molecular complexity index is 316. The Kier molecular flexibility index (Phi) is 4.59. The monoisotopic (exact) mass is 227 g/mol. The molecule has 0 spiro atoms. The maximum atomic E-state index is 11.4. The first-order valence-electron chi connectivity index (χ1n) is 4.72. The largest absolute Gasteiger partial charge is 0.376 e. The number of aliphatic hydroxyl groups is 1. The predicted octanol–water partition coefficient (Wildman–Crippen LogP) is 1.76. The van der Waals surface area contributed by atoms with Gasteiger partial charge in [0.2, 0.25) is 5.91 Å². The molecule has 0 saturated heterocycles. The minimum Gasteiger partial charge on any atom is -0.376 e. The highest BCUT2D eigenvalue weighted by Crippen LogP contribution is 2.19. The molecular formula is C11H14ClNO2. The second kappa shape index (κ2) is 5.73. The minimum absolute atomic E-state index is 0.113. The number of amides is 1. The quantitative estimate of drug-likeness (QED) is 0.629. The summed E-state index contributed by atoms with van der Waals surface area (Å²) in [6, 6.07) is 9.36. The third kappa shape index (κ3) is 2.94. The van der Waals surface area contributed by atoms with E-state index in [1.54, 1.807) is 0 Å². The SMILES string of the molecule is CC(c1ccccc1)N(CO)C(=O)CCl. The number of alkyl halides is 1. The summed E-state index contributed by atoms with van der Waals surface area (Å²) in [7, 11) is 0. The van der Waals surface area contributed by atoms with Crippen LogP contribution < -0.4 is 0 Å². The van der Waals surface area contributed by atoms with E-state index in [1.165, 1.54) is 4.90 Å². The molecular weight excluding hydrogens is 214 g/mol. The predicted molar refractivity (Wildman–Crippen MR) is 59.5 cm³/mol. The summed E-state index contributed by atoms with van der Waals surface area (Å²) in [5.41, 5.74) is 0.977. The van der Waals surface area contributed by atoms with Crippen LogP contribution in [-0.2, 0) is 4.79 Å². The van der Waals surface area contributed by atoms with Gasteiger partial charge in [-0.05, 0) is 12.5 Å². The zero-order valence-electron chi connectivity index (χ0n) is 8.56. The normalized spacial score (nSPS) is 12.2. The van der Waals surface area contributed by atoms with E-state index in [1.807, 2.05) is 37.3 Å². The molecule has 82 valence electrons. The molecule has 0 heterocycles. The Hall–Kier alpha value is -1.06. The zero-order valence-corrected chi connectivity index (χ0v) is 9.31. The van der Waals surface area contributed by atoms with Crippen LogP contribution >= 0.6 is 11.6 Å². The van der Waals surface area contributed by atoms with E-state index >= 15 is 0 Å². The van der Waals surface area contributed by atoms with Crippen LogP contribution in [0.15, 0.2) is 30.3 Å². The lowest BCUT2D eigenvalue weighted by atomic mass is 10.1. The highest BCUT2D eigenvalue weighted by Gasteiger charge is 2.19. The molecule has 4 heteroatoms. The first kappa shape index (κ1) is 12.0. The number of halogens is 1. The molecule has 1 amide bonds. The van der Waals surface area contributed by atoms with E-state index in [0.29, 0.717) is 0 Å². The van der Waals surface area contributed by atoms with Crippen LogP contribution in [0.4, 0.5) is 0 Å². The third-order valence-corrected chi connectivity index (χ3v) is 2.57. The fraction of sp³-hybridized carbons (Fsp3) is 0.364. The molecule has 1 aromatic rings. The topological polar surface area (TPSA) is 40.5 Å². The molecule has 0 saturated carbocycles. The molecule has 1 N–H and O–H groups in total. The first-order chi connectivity index (χ1) is 7.20. The average Bonchev–Trinajstić information content (AvgIpc) is 2.30. The summed E-state index contributed by atoms with van der Waals surface area (Å²) in [5.74, 6) is -0.381. The lowest BCUT2D eigenvalue weighted by molar-refractivity contribution is -0.134. The van der Waals surface area contributed by atoms with Gasteiger partial charge in [-0.1, -0.05) is 30.3 Å². The Morgan fingerprint density at radius 2 is 2.07 bits per heavy atom. The standard InChI is InChI=1S/C11H14ClNO2/c1-9(10-5-3-2-4-6-10)13(8-14)11(15)7-12/h2-6,9,14H,7-8H2,1H3. The molecule has 15 heavy (non-hydrogen) atoms. The molecule has 0 fully saturated rings. The fourth-order valence-corrected chi connectivity index (χ4v) is 1.56. The van der Waals surface area contributed by atoms with Crippen LogP contribution in [0.5, 0.6) is 0 Å². The Labute approximate surface area is 94.3 Å². The first-order valence-corrected chi connectivity index (χ1v) is 5.25. The highest BCUT2D eigenvalue weighted by molar-refractivity contribution is 6.27. The van der Waals surface area contributed by atoms with E-state index in [2.05, 4.69) is 0 Å². The fourth-order valence-electron chi connectivity index (χ4n) is 1.41. The maximum Gasteiger partial charge on any atom is 0.239 e. The molecule has 0 aliphatic rings. The molecule has 1 rings (SSSR count). The number of carbonyl (C=O) groups is 1. The van der Waals surface area contributed by atoms with Gasteiger partial charge in [-0.3, -0.25) is 4.79 Å². The summed E-state index contributed by atoms with van der Waals surface area (Å²) in [6.45, 7) is 1.54. The van der Waals surface area contributed by atoms with Crippen molar-refractivity contribution >= 4 is 17.5 Å². The van der Waals surface area contributed by atoms with Gasteiger partial charge in [0, 0.05) is 0 Å². The van der Waals surface area contributed by atoms with Crippen molar-refractivity contribution in [2.75, 3.05) is 12.6 Å². The van der Waals surface area contributed by atoms with Crippen molar-refractivity contribution in [2.45, 2.75) is 13.0 Å². The van der Waals surface area contributed by atoms with E-state index < -0.39 is 0 Å². The number of carbonyl (C=O) groups excluding carboxylic acids is 1. The molecule has 1 aromatic carbocycles. The van der Waals surface area contributed by atoms with Gasteiger partial charge in [-0.25, -0.2) is 0 Å². The maximum absolute atomic E-state index is 11.4. The number of benzene rings is 1. The van der Waals surface area contributed by atoms with E-state index in [-0.39, 0.29) is 24.6 Å². The van der Waals surface area contributed by atoms with Crippen LogP contribution in [0.3, 0.4) is 0 Å². The number of aliphatic hydroxyl groups excluding tert-OH is 1. The van der Waals surface area contributed by atoms with Crippen molar-refractivity contribution in [1.82, 2.24) is 4.90 Å². The molecule has 3 nitrogen and oxygen atoms in total. The van der Waals surface area contributed by atoms with E-state index in [0.717, 1.165) is 5.56 Å². The van der Waals surface area contributed by atoms with Crippen molar-refractivity contribution in [3.8, 4) is 0 Å². The van der Waals surface area contributed by atoms with Crippen molar-refractivity contribution in [3.05, 3.63) is 35.9 Å². The summed E-state index contributed by atoms with van der Waals surface area (Å²) in [4.78, 5) is 12.7. The van der Waals surface area contributed by atoms with E-state index in [9.17, 15) is 4.79 Å². The van der Waals surface area contributed by atoms with Crippen molar-refractivity contribution < 1.29 is 9.90 Å². The second-order valence-corrected chi connectivity index (χ2v) is 3.49. The highest BCUT2D eigenvalue weighted by atomic mass is 35.5. The van der Waals surface area contributed by atoms with E-state index in [4.69, 9.17) is 16.7 Å². The third-order valence-electron chi connectivity index (χ3n) is 2.34. The smallest absolute Gasteiger partial charge is 0.239 e. The van der Waals surface area contributed by atoms with Crippen LogP contribution in [0, 0.1) is 0 Å². The summed E-state index contributed by atoms with van der Waals surface area (Å²) < 4.78 is 0. The molecule has 0 aliphatic carbocycles. The van der Waals surface area contributed by atoms with Gasteiger partial charge in [0.25, 0.3) is 0 Å². The number of hydrogen-bond acceptors (Lipinski definition) is 2. The summed E-state index contributed by atoms with van der Waals surface area (Å²) >= 11 is 5.45. The lowest BCUT2D eigenvalue weighted by Crippen LogP contribution is -2.35. The van der Waals surface area contributed by atoms with Gasteiger partial charge >= 0.3 is 0 Å². The Morgan fingerprint density at radius 1 is 1.47 bits per heavy atom. The number of rotatable bonds is 4. The van der Waals surface area contributed by atoms with Gasteiger partial charge in [0.05, 0.1) is 6.04 Å². The average molecular weight is 228 g/mol. The van der Waals surface area contributed by atoms with Gasteiger partial charge in [0.1, 0.15) is 12.6 Å². The van der Waals surface area contributed by atoms with Crippen molar-refractivity contribution in [2.24, 2.45) is 0 Å². The minimum atomic E-state index is -0.318.